The average Bonchev–Trinajstić information content (AvgIpc) is 3.26. The number of benzene rings is 1. The van der Waals surface area contributed by atoms with Gasteiger partial charge in [-0.1, -0.05) is 30.3 Å². The molecule has 4 rings (SSSR count). The molecule has 2 bridgehead atoms. The SMILES string of the molecule is COC(=O)[C@H](Cc1ccccc1)N1C(=O)C2[C@H]3CC[C@H](O3)[C@@]2(C)C1=O. The predicted molar refractivity (Wildman–Crippen MR) is 87.3 cm³/mol. The lowest BCUT2D eigenvalue weighted by Crippen LogP contribution is -2.49. The van der Waals surface area contributed by atoms with Crippen LogP contribution in [0.4, 0.5) is 0 Å². The molecule has 3 aliphatic rings. The van der Waals surface area contributed by atoms with Crippen molar-refractivity contribution in [2.75, 3.05) is 7.11 Å². The van der Waals surface area contributed by atoms with E-state index in [0.717, 1.165) is 23.3 Å². The van der Waals surface area contributed by atoms with Crippen LogP contribution in [0.3, 0.4) is 0 Å². The average molecular weight is 343 g/mol. The van der Waals surface area contributed by atoms with Crippen molar-refractivity contribution < 1.29 is 23.9 Å². The fraction of sp³-hybridized carbons (Fsp3) is 0.526. The van der Waals surface area contributed by atoms with Gasteiger partial charge in [0.25, 0.3) is 0 Å². The summed E-state index contributed by atoms with van der Waals surface area (Å²) in [6, 6.07) is 8.41. The van der Waals surface area contributed by atoms with E-state index in [1.165, 1.54) is 7.11 Å². The van der Waals surface area contributed by atoms with E-state index in [1.807, 2.05) is 30.3 Å². The minimum Gasteiger partial charge on any atom is -0.467 e. The standard InChI is InChI=1S/C19H21NO5/c1-19-14-9-8-13(25-14)15(19)16(21)20(18(19)23)12(17(22)24-2)10-11-6-4-3-5-7-11/h3-7,12-15H,8-10H2,1-2H3/t12-,13+,14-,15?,19+/m0/s1. The quantitative estimate of drug-likeness (QED) is 0.609. The minimum absolute atomic E-state index is 0.216. The van der Waals surface area contributed by atoms with E-state index in [9.17, 15) is 14.4 Å². The van der Waals surface area contributed by atoms with Crippen LogP contribution in [0.1, 0.15) is 25.3 Å². The molecule has 6 heteroatoms. The maximum atomic E-state index is 13.2. The smallest absolute Gasteiger partial charge is 0.329 e. The van der Waals surface area contributed by atoms with Crippen LogP contribution in [0.25, 0.3) is 0 Å². The van der Waals surface area contributed by atoms with Crippen LogP contribution in [-0.2, 0) is 30.3 Å². The second kappa shape index (κ2) is 5.66. The number of ether oxygens (including phenoxy) is 2. The molecule has 132 valence electrons. The molecule has 0 aromatic heterocycles. The Morgan fingerprint density at radius 3 is 2.68 bits per heavy atom. The number of rotatable bonds is 4. The van der Waals surface area contributed by atoms with Crippen molar-refractivity contribution in [1.29, 1.82) is 0 Å². The van der Waals surface area contributed by atoms with Crippen LogP contribution in [-0.4, -0.2) is 48.0 Å². The van der Waals surface area contributed by atoms with Crippen LogP contribution in [0, 0.1) is 11.3 Å². The Morgan fingerprint density at radius 2 is 2.04 bits per heavy atom. The van der Waals surface area contributed by atoms with Gasteiger partial charge < -0.3 is 9.47 Å². The van der Waals surface area contributed by atoms with Gasteiger partial charge in [-0.15, -0.1) is 0 Å². The Kier molecular flexibility index (Phi) is 3.68. The molecular weight excluding hydrogens is 322 g/mol. The maximum Gasteiger partial charge on any atom is 0.329 e. The van der Waals surface area contributed by atoms with Gasteiger partial charge in [-0.2, -0.15) is 0 Å². The Hall–Kier alpha value is -2.21. The largest absolute Gasteiger partial charge is 0.467 e. The highest BCUT2D eigenvalue weighted by atomic mass is 16.5. The number of hydrogen-bond acceptors (Lipinski definition) is 5. The zero-order chi connectivity index (χ0) is 17.8. The van der Waals surface area contributed by atoms with Gasteiger partial charge in [-0.25, -0.2) is 4.79 Å². The summed E-state index contributed by atoms with van der Waals surface area (Å²) >= 11 is 0. The molecule has 0 N–H and O–H groups in total. The Balaban J connectivity index is 1.69. The molecule has 0 radical (unpaired) electrons. The minimum atomic E-state index is -0.936. The van der Waals surface area contributed by atoms with Gasteiger partial charge in [0.2, 0.25) is 11.8 Å². The lowest BCUT2D eigenvalue weighted by molar-refractivity contribution is -0.159. The van der Waals surface area contributed by atoms with E-state index >= 15 is 0 Å². The molecule has 1 unspecified atom stereocenters. The molecule has 3 heterocycles. The lowest BCUT2D eigenvalue weighted by atomic mass is 9.69. The van der Waals surface area contributed by atoms with E-state index in [2.05, 4.69) is 0 Å². The zero-order valence-corrected chi connectivity index (χ0v) is 14.3. The summed E-state index contributed by atoms with van der Waals surface area (Å²) in [5, 5.41) is 0. The summed E-state index contributed by atoms with van der Waals surface area (Å²) < 4.78 is 10.7. The first kappa shape index (κ1) is 16.3. The first-order valence-corrected chi connectivity index (χ1v) is 8.63. The summed E-state index contributed by atoms with van der Waals surface area (Å²) in [4.78, 5) is 39.8. The molecular formula is C19H21NO5. The highest BCUT2D eigenvalue weighted by molar-refractivity contribution is 6.10. The number of methoxy groups -OCH3 is 1. The topological polar surface area (TPSA) is 72.9 Å². The van der Waals surface area contributed by atoms with Gasteiger partial charge in [0.05, 0.1) is 30.7 Å². The molecule has 0 saturated carbocycles. The van der Waals surface area contributed by atoms with Crippen LogP contribution >= 0.6 is 0 Å². The van der Waals surface area contributed by atoms with Crippen LogP contribution in [0.2, 0.25) is 0 Å². The molecule has 3 saturated heterocycles. The molecule has 3 aliphatic heterocycles. The summed E-state index contributed by atoms with van der Waals surface area (Å²) in [6.45, 7) is 1.80. The fourth-order valence-corrected chi connectivity index (χ4v) is 4.68. The fourth-order valence-electron chi connectivity index (χ4n) is 4.68. The van der Waals surface area contributed by atoms with Crippen molar-refractivity contribution in [2.45, 2.75) is 44.4 Å². The molecule has 2 amide bonds. The lowest BCUT2D eigenvalue weighted by Gasteiger charge is -2.29. The summed E-state index contributed by atoms with van der Waals surface area (Å²) in [5.41, 5.74) is 0.0168. The number of fused-ring (bicyclic) bond motifs is 5. The van der Waals surface area contributed by atoms with Crippen molar-refractivity contribution in [1.82, 2.24) is 4.90 Å². The first-order valence-electron chi connectivity index (χ1n) is 8.63. The van der Waals surface area contributed by atoms with Crippen LogP contribution in [0.5, 0.6) is 0 Å². The van der Waals surface area contributed by atoms with Crippen molar-refractivity contribution in [3.05, 3.63) is 35.9 Å². The summed E-state index contributed by atoms with van der Waals surface area (Å²) in [6.07, 6.45) is 1.38. The third kappa shape index (κ3) is 2.16. The highest BCUT2D eigenvalue weighted by Crippen LogP contribution is 2.57. The van der Waals surface area contributed by atoms with E-state index in [1.54, 1.807) is 6.92 Å². The van der Waals surface area contributed by atoms with Crippen molar-refractivity contribution in [3.8, 4) is 0 Å². The van der Waals surface area contributed by atoms with Crippen molar-refractivity contribution in [2.24, 2.45) is 11.3 Å². The third-order valence-corrected chi connectivity index (χ3v) is 5.98. The number of hydrogen-bond donors (Lipinski definition) is 0. The normalized spacial score (nSPS) is 34.3. The van der Waals surface area contributed by atoms with Crippen LogP contribution in [0.15, 0.2) is 30.3 Å². The monoisotopic (exact) mass is 343 g/mol. The predicted octanol–water partition coefficient (Wildman–Crippen LogP) is 1.32. The second-order valence-electron chi connectivity index (χ2n) is 7.24. The summed E-state index contributed by atoms with van der Waals surface area (Å²) in [7, 11) is 1.28. The molecule has 1 aromatic rings. The third-order valence-electron chi connectivity index (χ3n) is 5.98. The highest BCUT2D eigenvalue weighted by Gasteiger charge is 2.71. The molecule has 25 heavy (non-hydrogen) atoms. The van der Waals surface area contributed by atoms with Gasteiger partial charge in [0.15, 0.2) is 0 Å². The van der Waals surface area contributed by atoms with Gasteiger partial charge in [-0.3, -0.25) is 14.5 Å². The first-order chi connectivity index (χ1) is 12.0. The molecule has 0 spiro atoms. The van der Waals surface area contributed by atoms with E-state index in [-0.39, 0.29) is 30.4 Å². The number of esters is 1. The van der Waals surface area contributed by atoms with Crippen molar-refractivity contribution >= 4 is 17.8 Å². The maximum absolute atomic E-state index is 13.2. The van der Waals surface area contributed by atoms with Gasteiger partial charge >= 0.3 is 5.97 Å². The van der Waals surface area contributed by atoms with Gasteiger partial charge in [0.1, 0.15) is 6.04 Å². The number of imide groups is 1. The Labute approximate surface area is 146 Å². The number of carbonyl (C=O) groups is 3. The van der Waals surface area contributed by atoms with Gasteiger partial charge in [0, 0.05) is 6.42 Å². The van der Waals surface area contributed by atoms with E-state index in [0.29, 0.717) is 0 Å². The Bertz CT molecular complexity index is 733. The van der Waals surface area contributed by atoms with Crippen molar-refractivity contribution in [3.63, 3.8) is 0 Å². The molecule has 0 aliphatic carbocycles. The molecule has 1 aromatic carbocycles. The second-order valence-corrected chi connectivity index (χ2v) is 7.24. The summed E-state index contributed by atoms with van der Waals surface area (Å²) in [5.74, 6) is -1.66. The number of amides is 2. The number of likely N-dealkylation sites (tertiary alicyclic amines) is 1. The van der Waals surface area contributed by atoms with E-state index in [4.69, 9.17) is 9.47 Å². The number of nitrogens with zero attached hydrogens (tertiary/aromatic N) is 1. The molecule has 3 fully saturated rings. The van der Waals surface area contributed by atoms with Crippen LogP contribution < -0.4 is 0 Å². The molecule has 5 atom stereocenters. The molecule has 6 nitrogen and oxygen atoms in total. The Morgan fingerprint density at radius 1 is 1.32 bits per heavy atom. The number of carbonyl (C=O) groups excluding carboxylic acids is 3. The van der Waals surface area contributed by atoms with Gasteiger partial charge in [-0.05, 0) is 25.3 Å². The zero-order valence-electron chi connectivity index (χ0n) is 14.3. The van der Waals surface area contributed by atoms with E-state index < -0.39 is 23.3 Å².